The fourth-order valence-electron chi connectivity index (χ4n) is 1.80. The van der Waals surface area contributed by atoms with Crippen LogP contribution in [0.5, 0.6) is 0 Å². The Balaban J connectivity index is 2.30. The molecule has 0 N–H and O–H groups in total. The number of likely N-dealkylation sites (tertiary alicyclic amines) is 1. The van der Waals surface area contributed by atoms with Gasteiger partial charge < -0.3 is 4.90 Å². The van der Waals surface area contributed by atoms with E-state index in [4.69, 9.17) is 0 Å². The van der Waals surface area contributed by atoms with E-state index in [1.54, 1.807) is 0 Å². The summed E-state index contributed by atoms with van der Waals surface area (Å²) in [6.45, 7) is 10.1. The quantitative estimate of drug-likeness (QED) is 0.588. The summed E-state index contributed by atoms with van der Waals surface area (Å²) in [5.41, 5.74) is 1.22. The Morgan fingerprint density at radius 3 is 2.83 bits per heavy atom. The van der Waals surface area contributed by atoms with Crippen LogP contribution in [-0.2, 0) is 0 Å². The third kappa shape index (κ3) is 2.94. The fourth-order valence-corrected chi connectivity index (χ4v) is 1.80. The molecule has 0 bridgehead atoms. The largest absolute Gasteiger partial charge is 0.301 e. The van der Waals surface area contributed by atoms with Crippen LogP contribution in [0.3, 0.4) is 0 Å². The molecule has 0 aromatic carbocycles. The zero-order chi connectivity index (χ0) is 8.97. The van der Waals surface area contributed by atoms with Crippen molar-refractivity contribution in [1.82, 2.24) is 4.90 Å². The van der Waals surface area contributed by atoms with Gasteiger partial charge in [0.1, 0.15) is 0 Å². The summed E-state index contributed by atoms with van der Waals surface area (Å²) in [5.74, 6) is 0. The SMILES string of the molecule is CCCN1CCC(N=C(C)C)C1. The first kappa shape index (κ1) is 9.72. The molecule has 1 fully saturated rings. The highest BCUT2D eigenvalue weighted by atomic mass is 15.2. The molecule has 1 heterocycles. The minimum absolute atomic E-state index is 0.585. The van der Waals surface area contributed by atoms with Crippen molar-refractivity contribution in [2.24, 2.45) is 4.99 Å². The zero-order valence-corrected chi connectivity index (χ0v) is 8.51. The first-order valence-corrected chi connectivity index (χ1v) is 4.95. The van der Waals surface area contributed by atoms with Crippen LogP contribution in [0.2, 0.25) is 0 Å². The van der Waals surface area contributed by atoms with Crippen LogP contribution in [0.15, 0.2) is 4.99 Å². The van der Waals surface area contributed by atoms with Crippen molar-refractivity contribution in [2.75, 3.05) is 19.6 Å². The lowest BCUT2D eigenvalue weighted by Gasteiger charge is -2.12. The van der Waals surface area contributed by atoms with Crippen molar-refractivity contribution in [3.8, 4) is 0 Å². The monoisotopic (exact) mass is 168 g/mol. The summed E-state index contributed by atoms with van der Waals surface area (Å²) in [6, 6.07) is 0.585. The van der Waals surface area contributed by atoms with Crippen molar-refractivity contribution < 1.29 is 0 Å². The third-order valence-corrected chi connectivity index (χ3v) is 2.23. The summed E-state index contributed by atoms with van der Waals surface area (Å²) >= 11 is 0. The molecule has 0 saturated carbocycles. The molecule has 0 amide bonds. The van der Waals surface area contributed by atoms with Gasteiger partial charge in [-0.3, -0.25) is 4.99 Å². The number of rotatable bonds is 3. The van der Waals surface area contributed by atoms with Crippen LogP contribution in [-0.4, -0.2) is 36.3 Å². The molecule has 0 spiro atoms. The minimum Gasteiger partial charge on any atom is -0.301 e. The first-order chi connectivity index (χ1) is 5.72. The smallest absolute Gasteiger partial charge is 0.0637 e. The molecule has 0 aromatic heterocycles. The Hall–Kier alpha value is -0.370. The van der Waals surface area contributed by atoms with E-state index in [0.29, 0.717) is 6.04 Å². The Morgan fingerprint density at radius 1 is 1.50 bits per heavy atom. The molecule has 0 aromatic rings. The first-order valence-electron chi connectivity index (χ1n) is 4.95. The molecule has 2 heteroatoms. The molecule has 1 saturated heterocycles. The maximum Gasteiger partial charge on any atom is 0.0637 e. The molecule has 1 aliphatic rings. The highest BCUT2D eigenvalue weighted by Crippen LogP contribution is 2.12. The Morgan fingerprint density at radius 2 is 2.25 bits per heavy atom. The van der Waals surface area contributed by atoms with E-state index in [2.05, 4.69) is 30.7 Å². The van der Waals surface area contributed by atoms with Crippen molar-refractivity contribution >= 4 is 5.71 Å². The number of aliphatic imine (C=N–C) groups is 1. The molecule has 0 aliphatic carbocycles. The van der Waals surface area contributed by atoms with Crippen LogP contribution in [0.1, 0.15) is 33.6 Å². The maximum atomic E-state index is 4.58. The van der Waals surface area contributed by atoms with Crippen molar-refractivity contribution in [1.29, 1.82) is 0 Å². The molecule has 1 aliphatic heterocycles. The molecule has 1 atom stereocenters. The molecule has 1 rings (SSSR count). The van der Waals surface area contributed by atoms with E-state index in [9.17, 15) is 0 Å². The average Bonchev–Trinajstić information content (AvgIpc) is 2.36. The van der Waals surface area contributed by atoms with Gasteiger partial charge in [0.2, 0.25) is 0 Å². The molecular weight excluding hydrogens is 148 g/mol. The predicted octanol–water partition coefficient (Wildman–Crippen LogP) is 1.95. The normalized spacial score (nSPS) is 24.4. The summed E-state index contributed by atoms with van der Waals surface area (Å²) in [7, 11) is 0. The fraction of sp³-hybridized carbons (Fsp3) is 0.900. The highest BCUT2D eigenvalue weighted by Gasteiger charge is 2.20. The average molecular weight is 168 g/mol. The van der Waals surface area contributed by atoms with Crippen LogP contribution in [0, 0.1) is 0 Å². The molecule has 70 valence electrons. The summed E-state index contributed by atoms with van der Waals surface area (Å²) in [5, 5.41) is 0. The molecule has 2 nitrogen and oxygen atoms in total. The number of nitrogens with zero attached hydrogens (tertiary/aromatic N) is 2. The Labute approximate surface area is 75.7 Å². The third-order valence-electron chi connectivity index (χ3n) is 2.23. The van der Waals surface area contributed by atoms with Crippen LogP contribution < -0.4 is 0 Å². The van der Waals surface area contributed by atoms with E-state index >= 15 is 0 Å². The lowest BCUT2D eigenvalue weighted by Crippen LogP contribution is -2.22. The van der Waals surface area contributed by atoms with E-state index in [0.717, 1.165) is 0 Å². The van der Waals surface area contributed by atoms with Crippen LogP contribution >= 0.6 is 0 Å². The second-order valence-corrected chi connectivity index (χ2v) is 3.82. The predicted molar refractivity (Wildman–Crippen MR) is 53.9 cm³/mol. The number of hydrogen-bond acceptors (Lipinski definition) is 2. The van der Waals surface area contributed by atoms with Gasteiger partial charge in [-0.2, -0.15) is 0 Å². The van der Waals surface area contributed by atoms with E-state index in [1.807, 2.05) is 0 Å². The highest BCUT2D eigenvalue weighted by molar-refractivity contribution is 5.79. The Bertz CT molecular complexity index is 159. The van der Waals surface area contributed by atoms with E-state index in [-0.39, 0.29) is 0 Å². The maximum absolute atomic E-state index is 4.58. The second-order valence-electron chi connectivity index (χ2n) is 3.82. The molecule has 1 unspecified atom stereocenters. The van der Waals surface area contributed by atoms with Gasteiger partial charge in [-0.05, 0) is 33.2 Å². The minimum atomic E-state index is 0.585. The summed E-state index contributed by atoms with van der Waals surface area (Å²) < 4.78 is 0. The van der Waals surface area contributed by atoms with Gasteiger partial charge in [-0.25, -0.2) is 0 Å². The van der Waals surface area contributed by atoms with Crippen molar-refractivity contribution in [3.05, 3.63) is 0 Å². The van der Waals surface area contributed by atoms with Gasteiger partial charge in [0.25, 0.3) is 0 Å². The standard InChI is InChI=1S/C10H20N2/c1-4-6-12-7-5-10(8-12)11-9(2)3/h10H,4-8H2,1-3H3. The van der Waals surface area contributed by atoms with Gasteiger partial charge in [-0.1, -0.05) is 6.92 Å². The van der Waals surface area contributed by atoms with E-state index < -0.39 is 0 Å². The lowest BCUT2D eigenvalue weighted by atomic mass is 10.3. The second kappa shape index (κ2) is 4.61. The summed E-state index contributed by atoms with van der Waals surface area (Å²) in [4.78, 5) is 7.09. The summed E-state index contributed by atoms with van der Waals surface area (Å²) in [6.07, 6.45) is 2.52. The zero-order valence-electron chi connectivity index (χ0n) is 8.51. The van der Waals surface area contributed by atoms with Gasteiger partial charge in [0.05, 0.1) is 6.04 Å². The van der Waals surface area contributed by atoms with Crippen molar-refractivity contribution in [3.63, 3.8) is 0 Å². The van der Waals surface area contributed by atoms with Crippen LogP contribution in [0.25, 0.3) is 0 Å². The topological polar surface area (TPSA) is 15.6 Å². The van der Waals surface area contributed by atoms with E-state index in [1.165, 1.54) is 38.2 Å². The number of hydrogen-bond donors (Lipinski definition) is 0. The van der Waals surface area contributed by atoms with Crippen LogP contribution in [0.4, 0.5) is 0 Å². The lowest BCUT2D eigenvalue weighted by molar-refractivity contribution is 0.335. The van der Waals surface area contributed by atoms with Gasteiger partial charge in [0.15, 0.2) is 0 Å². The molecule has 12 heavy (non-hydrogen) atoms. The Kier molecular flexibility index (Phi) is 3.73. The van der Waals surface area contributed by atoms with Gasteiger partial charge >= 0.3 is 0 Å². The van der Waals surface area contributed by atoms with Gasteiger partial charge in [0, 0.05) is 18.8 Å². The van der Waals surface area contributed by atoms with Gasteiger partial charge in [-0.15, -0.1) is 0 Å². The molecular formula is C10H20N2. The van der Waals surface area contributed by atoms with Crippen molar-refractivity contribution in [2.45, 2.75) is 39.7 Å². The molecule has 0 radical (unpaired) electrons.